The molecule has 156 valence electrons. The van der Waals surface area contributed by atoms with E-state index in [1.165, 1.54) is 0 Å². The van der Waals surface area contributed by atoms with Gasteiger partial charge >= 0.3 is 0 Å². The van der Waals surface area contributed by atoms with Crippen LogP contribution < -0.4 is 19.5 Å². The molecule has 1 aromatic heterocycles. The van der Waals surface area contributed by atoms with E-state index in [9.17, 15) is 9.59 Å². The van der Waals surface area contributed by atoms with Crippen LogP contribution in [-0.4, -0.2) is 44.1 Å². The molecule has 30 heavy (non-hydrogen) atoms. The summed E-state index contributed by atoms with van der Waals surface area (Å²) in [6.07, 6.45) is 2.30. The summed E-state index contributed by atoms with van der Waals surface area (Å²) >= 11 is 0. The van der Waals surface area contributed by atoms with Crippen LogP contribution in [0.25, 0.3) is 5.69 Å². The monoisotopic (exact) mass is 408 g/mol. The minimum absolute atomic E-state index is 0.295. The first kappa shape index (κ1) is 21.0. The Morgan fingerprint density at radius 3 is 2.30 bits per heavy atom. The molecule has 0 saturated heterocycles. The molecular weight excluding hydrogens is 384 g/mol. The van der Waals surface area contributed by atoms with Gasteiger partial charge in [0.25, 0.3) is 11.7 Å². The maximum Gasteiger partial charge on any atom is 0.294 e. The van der Waals surface area contributed by atoms with Crippen molar-refractivity contribution in [2.45, 2.75) is 6.42 Å². The van der Waals surface area contributed by atoms with Crippen LogP contribution in [0.15, 0.2) is 60.8 Å². The van der Waals surface area contributed by atoms with Crippen LogP contribution in [0.5, 0.6) is 17.2 Å². The minimum atomic E-state index is -0.649. The highest BCUT2D eigenvalue weighted by atomic mass is 16.5. The molecule has 3 rings (SSSR count). The van der Waals surface area contributed by atoms with Crippen molar-refractivity contribution in [2.75, 3.05) is 27.9 Å². The molecule has 0 saturated carbocycles. The second kappa shape index (κ2) is 9.65. The zero-order valence-electron chi connectivity index (χ0n) is 17.2. The Bertz CT molecular complexity index is 1020. The van der Waals surface area contributed by atoms with Crippen molar-refractivity contribution in [1.29, 1.82) is 0 Å². The molecule has 0 fully saturated rings. The lowest BCUT2D eigenvalue weighted by atomic mass is 10.1. The molecule has 0 spiro atoms. The maximum absolute atomic E-state index is 12.7. The molecule has 0 aliphatic rings. The van der Waals surface area contributed by atoms with Crippen LogP contribution in [0.1, 0.15) is 16.1 Å². The molecule has 1 N–H and O–H groups in total. The molecule has 7 nitrogen and oxygen atoms in total. The average molecular weight is 408 g/mol. The van der Waals surface area contributed by atoms with Crippen molar-refractivity contribution in [2.24, 2.45) is 0 Å². The number of Topliss-reactive ketones (excluding diaryl/α,β-unsaturated/α-hetero) is 1. The van der Waals surface area contributed by atoms with E-state index in [1.54, 1.807) is 56.4 Å². The fourth-order valence-corrected chi connectivity index (χ4v) is 3.09. The van der Waals surface area contributed by atoms with E-state index in [0.29, 0.717) is 35.9 Å². The summed E-state index contributed by atoms with van der Waals surface area (Å²) in [7, 11) is 4.73. The number of hydrogen-bond acceptors (Lipinski definition) is 5. The van der Waals surface area contributed by atoms with Gasteiger partial charge < -0.3 is 24.1 Å². The maximum atomic E-state index is 12.7. The topological polar surface area (TPSA) is 78.8 Å². The number of nitrogens with zero attached hydrogens (tertiary/aromatic N) is 1. The van der Waals surface area contributed by atoms with Crippen molar-refractivity contribution in [3.63, 3.8) is 0 Å². The van der Waals surface area contributed by atoms with Crippen LogP contribution in [0.4, 0.5) is 0 Å². The minimum Gasteiger partial charge on any atom is -0.497 e. The van der Waals surface area contributed by atoms with Gasteiger partial charge in [0.05, 0.1) is 27.0 Å². The van der Waals surface area contributed by atoms with Gasteiger partial charge in [0.1, 0.15) is 5.75 Å². The van der Waals surface area contributed by atoms with E-state index in [4.69, 9.17) is 14.2 Å². The van der Waals surface area contributed by atoms with Gasteiger partial charge in [-0.1, -0.05) is 6.07 Å². The zero-order chi connectivity index (χ0) is 21.5. The first-order valence-electron chi connectivity index (χ1n) is 9.42. The van der Waals surface area contributed by atoms with Gasteiger partial charge in [0.2, 0.25) is 0 Å². The summed E-state index contributed by atoms with van der Waals surface area (Å²) < 4.78 is 17.3. The van der Waals surface area contributed by atoms with E-state index < -0.39 is 11.7 Å². The van der Waals surface area contributed by atoms with Crippen LogP contribution in [0.2, 0.25) is 0 Å². The number of benzene rings is 2. The fourth-order valence-electron chi connectivity index (χ4n) is 3.09. The molecule has 7 heteroatoms. The Balaban J connectivity index is 1.63. The lowest BCUT2D eigenvalue weighted by Crippen LogP contribution is -2.33. The smallest absolute Gasteiger partial charge is 0.294 e. The van der Waals surface area contributed by atoms with E-state index in [1.807, 2.05) is 30.3 Å². The molecule has 0 aliphatic heterocycles. The fraction of sp³-hybridized carbons (Fsp3) is 0.217. The highest BCUT2D eigenvalue weighted by molar-refractivity contribution is 6.42. The normalized spacial score (nSPS) is 10.4. The standard InChI is InChI=1S/C23H24N2O5/c1-28-18-9-7-17(8-10-18)25-14-4-5-19(25)22(26)23(27)24-13-12-16-6-11-20(29-2)21(15-16)30-3/h4-11,14-15H,12-13H2,1-3H3,(H,24,27). The number of nitrogens with one attached hydrogen (secondary N) is 1. The predicted octanol–water partition coefficient (Wildman–Crippen LogP) is 3.04. The number of aromatic nitrogens is 1. The second-order valence-corrected chi connectivity index (χ2v) is 6.49. The van der Waals surface area contributed by atoms with Gasteiger partial charge in [0, 0.05) is 18.4 Å². The molecule has 0 aliphatic carbocycles. The van der Waals surface area contributed by atoms with Gasteiger partial charge in [-0.25, -0.2) is 0 Å². The molecule has 0 atom stereocenters. The number of carbonyl (C=O) groups is 2. The Morgan fingerprint density at radius 1 is 0.900 bits per heavy atom. The number of ketones is 1. The first-order valence-corrected chi connectivity index (χ1v) is 9.42. The second-order valence-electron chi connectivity index (χ2n) is 6.49. The molecule has 0 radical (unpaired) electrons. The third-order valence-electron chi connectivity index (χ3n) is 4.69. The van der Waals surface area contributed by atoms with Crippen LogP contribution >= 0.6 is 0 Å². The van der Waals surface area contributed by atoms with Gasteiger partial charge in [-0.15, -0.1) is 0 Å². The first-order chi connectivity index (χ1) is 14.6. The summed E-state index contributed by atoms with van der Waals surface area (Å²) in [6.45, 7) is 0.323. The number of hydrogen-bond donors (Lipinski definition) is 1. The van der Waals surface area contributed by atoms with Crippen molar-refractivity contribution in [1.82, 2.24) is 9.88 Å². The van der Waals surface area contributed by atoms with Gasteiger partial charge in [-0.2, -0.15) is 0 Å². The van der Waals surface area contributed by atoms with Crippen molar-refractivity contribution >= 4 is 11.7 Å². The Labute approximate surface area is 175 Å². The summed E-state index contributed by atoms with van der Waals surface area (Å²) in [5.74, 6) is 0.730. The van der Waals surface area contributed by atoms with E-state index in [-0.39, 0.29) is 0 Å². The third-order valence-corrected chi connectivity index (χ3v) is 4.69. The number of carbonyl (C=O) groups excluding carboxylic acids is 2. The van der Waals surface area contributed by atoms with E-state index in [0.717, 1.165) is 11.3 Å². The Morgan fingerprint density at radius 2 is 1.63 bits per heavy atom. The lowest BCUT2D eigenvalue weighted by Gasteiger charge is -2.11. The molecule has 1 amide bonds. The summed E-state index contributed by atoms with van der Waals surface area (Å²) in [4.78, 5) is 25.1. The Hall–Kier alpha value is -3.74. The van der Waals surface area contributed by atoms with Gasteiger partial charge in [-0.3, -0.25) is 9.59 Å². The number of ether oxygens (including phenoxy) is 3. The number of methoxy groups -OCH3 is 3. The largest absolute Gasteiger partial charge is 0.497 e. The van der Waals surface area contributed by atoms with Crippen molar-refractivity contribution in [3.05, 3.63) is 72.1 Å². The van der Waals surface area contributed by atoms with E-state index >= 15 is 0 Å². The molecular formula is C23H24N2O5. The van der Waals surface area contributed by atoms with Gasteiger partial charge in [-0.05, 0) is 60.5 Å². The van der Waals surface area contributed by atoms with Crippen LogP contribution in [0, 0.1) is 0 Å². The Kier molecular flexibility index (Phi) is 6.75. The summed E-state index contributed by atoms with van der Waals surface area (Å²) in [6, 6.07) is 16.2. The highest BCUT2D eigenvalue weighted by Crippen LogP contribution is 2.27. The average Bonchev–Trinajstić information content (AvgIpc) is 3.28. The highest BCUT2D eigenvalue weighted by Gasteiger charge is 2.20. The van der Waals surface area contributed by atoms with Crippen molar-refractivity contribution in [3.8, 4) is 22.9 Å². The third kappa shape index (κ3) is 4.63. The molecule has 0 bridgehead atoms. The lowest BCUT2D eigenvalue weighted by molar-refractivity contribution is -0.117. The zero-order valence-corrected chi connectivity index (χ0v) is 17.2. The summed E-state index contributed by atoms with van der Waals surface area (Å²) in [5, 5.41) is 2.69. The number of amides is 1. The quantitative estimate of drug-likeness (QED) is 0.435. The van der Waals surface area contributed by atoms with Crippen LogP contribution in [0.3, 0.4) is 0 Å². The van der Waals surface area contributed by atoms with E-state index in [2.05, 4.69) is 5.32 Å². The predicted molar refractivity (Wildman–Crippen MR) is 113 cm³/mol. The summed E-state index contributed by atoms with van der Waals surface area (Å²) in [5.41, 5.74) is 2.02. The van der Waals surface area contributed by atoms with Crippen molar-refractivity contribution < 1.29 is 23.8 Å². The SMILES string of the molecule is COc1ccc(-n2cccc2C(=O)C(=O)NCCc2ccc(OC)c(OC)c2)cc1. The molecule has 2 aromatic carbocycles. The molecule has 1 heterocycles. The molecule has 3 aromatic rings. The number of rotatable bonds is 9. The molecule has 0 unspecified atom stereocenters. The van der Waals surface area contributed by atoms with Crippen LogP contribution in [-0.2, 0) is 11.2 Å². The van der Waals surface area contributed by atoms with Gasteiger partial charge in [0.15, 0.2) is 11.5 Å².